The van der Waals surface area contributed by atoms with Crippen LogP contribution in [-0.4, -0.2) is 47.7 Å². The third-order valence-electron chi connectivity index (χ3n) is 3.89. The zero-order valence-corrected chi connectivity index (χ0v) is 16.9. The molecule has 2 atom stereocenters. The van der Waals surface area contributed by atoms with Crippen molar-refractivity contribution in [1.82, 2.24) is 10.2 Å². The smallest absolute Gasteiger partial charge is 0.408 e. The molecule has 7 heteroatoms. The Morgan fingerprint density at radius 3 is 2.22 bits per heavy atom. The average molecular weight is 378 g/mol. The zero-order chi connectivity index (χ0) is 20.6. The van der Waals surface area contributed by atoms with Crippen LogP contribution in [0.5, 0.6) is 0 Å². The molecule has 2 amide bonds. The molecule has 0 fully saturated rings. The fourth-order valence-corrected chi connectivity index (χ4v) is 2.47. The van der Waals surface area contributed by atoms with E-state index in [0.717, 1.165) is 5.56 Å². The number of nitrogens with one attached hydrogen (secondary N) is 1. The molecule has 0 radical (unpaired) electrons. The number of carbonyl (C=O) groups excluding carboxylic acids is 3. The monoisotopic (exact) mass is 378 g/mol. The molecule has 1 aromatic carbocycles. The lowest BCUT2D eigenvalue weighted by Crippen LogP contribution is -2.53. The SMILES string of the molecule is CCC(NC(=O)OC(C)(C)C)C(=O)N(Cc1ccccc1)C(C)C(=O)OC. The molecule has 0 saturated carbocycles. The van der Waals surface area contributed by atoms with Crippen LogP contribution in [0, 0.1) is 0 Å². The third-order valence-corrected chi connectivity index (χ3v) is 3.89. The molecule has 7 nitrogen and oxygen atoms in total. The van der Waals surface area contributed by atoms with Crippen LogP contribution in [0.2, 0.25) is 0 Å². The van der Waals surface area contributed by atoms with Crippen molar-refractivity contribution < 1.29 is 23.9 Å². The Morgan fingerprint density at radius 1 is 1.15 bits per heavy atom. The molecule has 0 bridgehead atoms. The first kappa shape index (κ1) is 22.5. The van der Waals surface area contributed by atoms with E-state index >= 15 is 0 Å². The first-order valence-electron chi connectivity index (χ1n) is 9.00. The first-order valence-corrected chi connectivity index (χ1v) is 9.00. The Morgan fingerprint density at radius 2 is 1.74 bits per heavy atom. The maximum absolute atomic E-state index is 13.1. The maximum Gasteiger partial charge on any atom is 0.408 e. The number of benzene rings is 1. The van der Waals surface area contributed by atoms with E-state index in [9.17, 15) is 14.4 Å². The van der Waals surface area contributed by atoms with E-state index in [-0.39, 0.29) is 12.5 Å². The molecule has 0 heterocycles. The number of nitrogens with zero attached hydrogens (tertiary/aromatic N) is 1. The van der Waals surface area contributed by atoms with E-state index < -0.39 is 29.7 Å². The van der Waals surface area contributed by atoms with E-state index in [2.05, 4.69) is 5.32 Å². The predicted octanol–water partition coefficient (Wildman–Crippen LogP) is 2.88. The lowest BCUT2D eigenvalue weighted by molar-refractivity contribution is -0.153. The van der Waals surface area contributed by atoms with Crippen LogP contribution in [0.25, 0.3) is 0 Å². The second-order valence-electron chi connectivity index (χ2n) is 7.26. The van der Waals surface area contributed by atoms with Crippen LogP contribution in [-0.2, 0) is 25.6 Å². The summed E-state index contributed by atoms with van der Waals surface area (Å²) in [5, 5.41) is 2.60. The lowest BCUT2D eigenvalue weighted by Gasteiger charge is -2.31. The Kier molecular flexibility index (Phi) is 8.28. The van der Waals surface area contributed by atoms with Crippen LogP contribution in [0.4, 0.5) is 4.79 Å². The molecule has 0 aliphatic carbocycles. The van der Waals surface area contributed by atoms with E-state index in [1.807, 2.05) is 30.3 Å². The van der Waals surface area contributed by atoms with Gasteiger partial charge >= 0.3 is 12.1 Å². The van der Waals surface area contributed by atoms with Gasteiger partial charge in [-0.25, -0.2) is 9.59 Å². The summed E-state index contributed by atoms with van der Waals surface area (Å²) in [6, 6.07) is 7.72. The molecule has 1 aromatic rings. The highest BCUT2D eigenvalue weighted by Crippen LogP contribution is 2.14. The summed E-state index contributed by atoms with van der Waals surface area (Å²) in [7, 11) is 1.28. The molecule has 27 heavy (non-hydrogen) atoms. The normalized spacial score (nSPS) is 13.3. The molecular weight excluding hydrogens is 348 g/mol. The first-order chi connectivity index (χ1) is 12.6. The highest BCUT2D eigenvalue weighted by molar-refractivity contribution is 5.89. The van der Waals surface area contributed by atoms with Gasteiger partial charge in [0.15, 0.2) is 0 Å². The van der Waals surface area contributed by atoms with Gasteiger partial charge in [0.25, 0.3) is 0 Å². The van der Waals surface area contributed by atoms with Crippen LogP contribution >= 0.6 is 0 Å². The molecule has 0 aliphatic heterocycles. The van der Waals surface area contributed by atoms with Gasteiger partial charge < -0.3 is 19.7 Å². The van der Waals surface area contributed by atoms with Gasteiger partial charge in [0.2, 0.25) is 5.91 Å². The number of hydrogen-bond donors (Lipinski definition) is 1. The number of alkyl carbamates (subject to hydrolysis) is 1. The Labute approximate surface area is 161 Å². The summed E-state index contributed by atoms with van der Waals surface area (Å²) < 4.78 is 10.0. The summed E-state index contributed by atoms with van der Waals surface area (Å²) in [5.74, 6) is -0.892. The standard InChI is InChI=1S/C20H30N2O5/c1-7-16(21-19(25)27-20(3,4)5)17(23)22(14(2)18(24)26-6)13-15-11-9-8-10-12-15/h8-12,14,16H,7,13H2,1-6H3,(H,21,25). The number of amides is 2. The van der Waals surface area contributed by atoms with E-state index in [4.69, 9.17) is 9.47 Å². The number of esters is 1. The van der Waals surface area contributed by atoms with Crippen molar-refractivity contribution in [2.75, 3.05) is 7.11 Å². The van der Waals surface area contributed by atoms with Gasteiger partial charge in [0.1, 0.15) is 17.7 Å². The third kappa shape index (κ3) is 7.29. The summed E-state index contributed by atoms with van der Waals surface area (Å²) in [6.07, 6.45) is -0.315. The van der Waals surface area contributed by atoms with Crippen molar-refractivity contribution >= 4 is 18.0 Å². The van der Waals surface area contributed by atoms with Gasteiger partial charge in [-0.3, -0.25) is 4.79 Å². The lowest BCUT2D eigenvalue weighted by atomic mass is 10.1. The van der Waals surface area contributed by atoms with E-state index in [1.165, 1.54) is 12.0 Å². The molecule has 0 aromatic heterocycles. The Bertz CT molecular complexity index is 640. The van der Waals surface area contributed by atoms with Crippen molar-refractivity contribution in [1.29, 1.82) is 0 Å². The van der Waals surface area contributed by atoms with Gasteiger partial charge in [-0.05, 0) is 39.7 Å². The predicted molar refractivity (Wildman–Crippen MR) is 102 cm³/mol. The van der Waals surface area contributed by atoms with Crippen LogP contribution in [0.15, 0.2) is 30.3 Å². The van der Waals surface area contributed by atoms with Crippen LogP contribution < -0.4 is 5.32 Å². The molecule has 0 aliphatic rings. The summed E-state index contributed by atoms with van der Waals surface area (Å²) in [5.41, 5.74) is 0.197. The molecule has 0 saturated heterocycles. The van der Waals surface area contributed by atoms with Gasteiger partial charge in [-0.1, -0.05) is 37.3 Å². The average Bonchev–Trinajstić information content (AvgIpc) is 2.61. The fourth-order valence-electron chi connectivity index (χ4n) is 2.47. The molecule has 1 rings (SSSR count). The van der Waals surface area contributed by atoms with Gasteiger partial charge in [0.05, 0.1) is 7.11 Å². The topological polar surface area (TPSA) is 84.9 Å². The van der Waals surface area contributed by atoms with Crippen molar-refractivity contribution in [2.45, 2.75) is 65.3 Å². The minimum Gasteiger partial charge on any atom is -0.467 e. The Balaban J connectivity index is 3.01. The largest absolute Gasteiger partial charge is 0.467 e. The number of methoxy groups -OCH3 is 1. The highest BCUT2D eigenvalue weighted by Gasteiger charge is 2.32. The number of rotatable bonds is 7. The quantitative estimate of drug-likeness (QED) is 0.738. The van der Waals surface area contributed by atoms with Crippen molar-refractivity contribution in [3.8, 4) is 0 Å². The number of carbonyl (C=O) groups is 3. The van der Waals surface area contributed by atoms with Gasteiger partial charge in [-0.2, -0.15) is 0 Å². The van der Waals surface area contributed by atoms with E-state index in [0.29, 0.717) is 6.42 Å². The van der Waals surface area contributed by atoms with Gasteiger partial charge in [0, 0.05) is 6.54 Å². The molecule has 0 spiro atoms. The summed E-state index contributed by atoms with van der Waals surface area (Å²) in [4.78, 5) is 38.6. The number of hydrogen-bond acceptors (Lipinski definition) is 5. The van der Waals surface area contributed by atoms with Crippen LogP contribution in [0.1, 0.15) is 46.6 Å². The van der Waals surface area contributed by atoms with Crippen molar-refractivity contribution in [3.63, 3.8) is 0 Å². The van der Waals surface area contributed by atoms with Crippen LogP contribution in [0.3, 0.4) is 0 Å². The summed E-state index contributed by atoms with van der Waals surface area (Å²) >= 11 is 0. The molecule has 1 N–H and O–H groups in total. The second-order valence-corrected chi connectivity index (χ2v) is 7.26. The number of ether oxygens (including phenoxy) is 2. The second kappa shape index (κ2) is 9.94. The van der Waals surface area contributed by atoms with Crippen molar-refractivity contribution in [2.24, 2.45) is 0 Å². The maximum atomic E-state index is 13.1. The molecular formula is C20H30N2O5. The minimum atomic E-state index is -0.810. The van der Waals surface area contributed by atoms with E-state index in [1.54, 1.807) is 34.6 Å². The minimum absolute atomic E-state index is 0.225. The van der Waals surface area contributed by atoms with Crippen molar-refractivity contribution in [3.05, 3.63) is 35.9 Å². The zero-order valence-electron chi connectivity index (χ0n) is 16.9. The molecule has 2 unspecified atom stereocenters. The fraction of sp³-hybridized carbons (Fsp3) is 0.550. The summed E-state index contributed by atoms with van der Waals surface area (Å²) in [6.45, 7) is 8.85. The molecule has 150 valence electrons. The highest BCUT2D eigenvalue weighted by atomic mass is 16.6. The van der Waals surface area contributed by atoms with Gasteiger partial charge in [-0.15, -0.1) is 0 Å². The Hall–Kier alpha value is -2.57.